The molecule has 2 aromatic heterocycles. The highest BCUT2D eigenvalue weighted by atomic mass is 35.5. The molecule has 1 amide bonds. The molecule has 0 aliphatic carbocycles. The van der Waals surface area contributed by atoms with Crippen LogP contribution in [0.5, 0.6) is 0 Å². The Morgan fingerprint density at radius 3 is 2.91 bits per heavy atom. The van der Waals surface area contributed by atoms with E-state index in [9.17, 15) is 4.79 Å². The van der Waals surface area contributed by atoms with Gasteiger partial charge in [0.2, 0.25) is 5.91 Å². The number of carbonyl (C=O) groups is 1. The average molecular weight is 344 g/mol. The molecule has 4 nitrogen and oxygen atoms in total. The molecule has 1 atom stereocenters. The number of para-hydroxylation sites is 1. The molecule has 3 aromatic rings. The Bertz CT molecular complexity index is 885. The van der Waals surface area contributed by atoms with Crippen LogP contribution >= 0.6 is 22.9 Å². The number of aromatic nitrogens is 2. The van der Waals surface area contributed by atoms with Crippen LogP contribution < -0.4 is 5.32 Å². The fourth-order valence-corrected chi connectivity index (χ4v) is 4.03. The van der Waals surface area contributed by atoms with Crippen molar-refractivity contribution in [3.05, 3.63) is 62.9 Å². The summed E-state index contributed by atoms with van der Waals surface area (Å²) in [5.41, 5.74) is 3.91. The van der Waals surface area contributed by atoms with E-state index in [1.54, 1.807) is 16.0 Å². The molecule has 1 N–H and O–H groups in total. The highest BCUT2D eigenvalue weighted by Gasteiger charge is 2.33. The van der Waals surface area contributed by atoms with Crippen LogP contribution in [0.25, 0.3) is 5.69 Å². The van der Waals surface area contributed by atoms with Crippen molar-refractivity contribution in [2.45, 2.75) is 19.3 Å². The first-order chi connectivity index (χ1) is 11.1. The molecule has 3 heterocycles. The van der Waals surface area contributed by atoms with Gasteiger partial charge < -0.3 is 5.32 Å². The molecule has 6 heteroatoms. The normalized spacial score (nSPS) is 17.0. The third kappa shape index (κ3) is 2.36. The van der Waals surface area contributed by atoms with E-state index in [4.69, 9.17) is 11.6 Å². The summed E-state index contributed by atoms with van der Waals surface area (Å²) in [5, 5.41) is 12.3. The lowest BCUT2D eigenvalue weighted by Crippen LogP contribution is -2.24. The van der Waals surface area contributed by atoms with Gasteiger partial charge in [0.25, 0.3) is 0 Å². The maximum absolute atomic E-state index is 12.2. The van der Waals surface area contributed by atoms with Crippen LogP contribution in [0.15, 0.2) is 41.1 Å². The zero-order chi connectivity index (χ0) is 16.0. The summed E-state index contributed by atoms with van der Waals surface area (Å²) in [6.45, 7) is 1.98. The van der Waals surface area contributed by atoms with E-state index in [1.807, 2.05) is 36.6 Å². The largest absolute Gasteiger partial charge is 0.310 e. The summed E-state index contributed by atoms with van der Waals surface area (Å²) < 4.78 is 1.74. The molecule has 0 bridgehead atoms. The molecular formula is C17H14ClN3OS. The monoisotopic (exact) mass is 343 g/mol. The Morgan fingerprint density at radius 1 is 1.35 bits per heavy atom. The molecule has 0 saturated heterocycles. The Kier molecular flexibility index (Phi) is 3.47. The van der Waals surface area contributed by atoms with Gasteiger partial charge in [-0.1, -0.05) is 23.7 Å². The van der Waals surface area contributed by atoms with Crippen molar-refractivity contribution >= 4 is 34.7 Å². The van der Waals surface area contributed by atoms with Gasteiger partial charge in [0.1, 0.15) is 5.82 Å². The van der Waals surface area contributed by atoms with Crippen molar-refractivity contribution in [2.24, 2.45) is 0 Å². The molecular weight excluding hydrogens is 330 g/mol. The average Bonchev–Trinajstić information content (AvgIpc) is 3.16. The molecule has 0 fully saturated rings. The first-order valence-electron chi connectivity index (χ1n) is 7.31. The summed E-state index contributed by atoms with van der Waals surface area (Å²) >= 11 is 7.95. The van der Waals surface area contributed by atoms with Crippen LogP contribution in [0, 0.1) is 6.92 Å². The SMILES string of the molecule is Cc1nn(-c2ccccc2Cl)c2c1[C@H](c1ccsc1)CC(=O)N2. The molecule has 0 saturated carbocycles. The number of rotatable bonds is 2. The van der Waals surface area contributed by atoms with E-state index in [0.29, 0.717) is 11.4 Å². The number of amides is 1. The quantitative estimate of drug-likeness (QED) is 0.751. The number of nitrogens with one attached hydrogen (secondary N) is 1. The van der Waals surface area contributed by atoms with Gasteiger partial charge in [0.05, 0.1) is 16.4 Å². The van der Waals surface area contributed by atoms with Gasteiger partial charge >= 0.3 is 0 Å². The number of anilines is 1. The van der Waals surface area contributed by atoms with Crippen LogP contribution in [0.2, 0.25) is 5.02 Å². The second kappa shape index (κ2) is 5.51. The molecule has 0 spiro atoms. The van der Waals surface area contributed by atoms with Gasteiger partial charge in [-0.05, 0) is 41.4 Å². The first-order valence-corrected chi connectivity index (χ1v) is 8.63. The highest BCUT2D eigenvalue weighted by molar-refractivity contribution is 7.08. The van der Waals surface area contributed by atoms with Gasteiger partial charge in [0.15, 0.2) is 0 Å². The van der Waals surface area contributed by atoms with E-state index in [0.717, 1.165) is 28.3 Å². The summed E-state index contributed by atoms with van der Waals surface area (Å²) in [6.07, 6.45) is 0.443. The predicted octanol–water partition coefficient (Wildman–Crippen LogP) is 4.37. The fourth-order valence-electron chi connectivity index (χ4n) is 3.10. The minimum absolute atomic E-state index is 0.00176. The van der Waals surface area contributed by atoms with Crippen LogP contribution in [0.3, 0.4) is 0 Å². The smallest absolute Gasteiger partial charge is 0.226 e. The molecule has 1 aliphatic heterocycles. The standard InChI is InChI=1S/C17H14ClN3OS/c1-10-16-12(11-6-7-23-9-11)8-15(22)19-17(16)21(20-10)14-5-3-2-4-13(14)18/h2-7,9,12H,8H2,1H3,(H,19,22)/t12-/m0/s1. The lowest BCUT2D eigenvalue weighted by molar-refractivity contribution is -0.116. The molecule has 116 valence electrons. The molecule has 1 aliphatic rings. The van der Waals surface area contributed by atoms with E-state index >= 15 is 0 Å². The van der Waals surface area contributed by atoms with Crippen molar-refractivity contribution in [3.63, 3.8) is 0 Å². The fraction of sp³-hybridized carbons (Fsp3) is 0.176. The van der Waals surface area contributed by atoms with E-state index in [-0.39, 0.29) is 11.8 Å². The van der Waals surface area contributed by atoms with Gasteiger partial charge in [0, 0.05) is 17.9 Å². The third-order valence-corrected chi connectivity index (χ3v) is 5.15. The lowest BCUT2D eigenvalue weighted by Gasteiger charge is -2.23. The van der Waals surface area contributed by atoms with E-state index < -0.39 is 0 Å². The zero-order valence-electron chi connectivity index (χ0n) is 12.4. The molecule has 0 unspecified atom stereocenters. The molecule has 4 rings (SSSR count). The predicted molar refractivity (Wildman–Crippen MR) is 92.7 cm³/mol. The Labute approximate surface area is 142 Å². The van der Waals surface area contributed by atoms with Crippen molar-refractivity contribution in [1.29, 1.82) is 0 Å². The van der Waals surface area contributed by atoms with Gasteiger partial charge in [-0.15, -0.1) is 0 Å². The maximum Gasteiger partial charge on any atom is 0.226 e. The minimum atomic E-state index is 0.00176. The van der Waals surface area contributed by atoms with Gasteiger partial charge in [-0.25, -0.2) is 4.68 Å². The number of thiophene rings is 1. The number of aryl methyl sites for hydroxylation is 1. The lowest BCUT2D eigenvalue weighted by atomic mass is 9.87. The van der Waals surface area contributed by atoms with Crippen LogP contribution in [-0.4, -0.2) is 15.7 Å². The highest BCUT2D eigenvalue weighted by Crippen LogP contribution is 2.41. The summed E-state index contributed by atoms with van der Waals surface area (Å²) in [6, 6.07) is 9.58. The van der Waals surface area contributed by atoms with Crippen molar-refractivity contribution < 1.29 is 4.79 Å². The van der Waals surface area contributed by atoms with Crippen LogP contribution in [-0.2, 0) is 4.79 Å². The zero-order valence-corrected chi connectivity index (χ0v) is 14.0. The summed E-state index contributed by atoms with van der Waals surface area (Å²) in [5.74, 6) is 0.770. The first kappa shape index (κ1) is 14.5. The van der Waals surface area contributed by atoms with Gasteiger partial charge in [-0.3, -0.25) is 4.79 Å². The number of hydrogen-bond donors (Lipinski definition) is 1. The van der Waals surface area contributed by atoms with E-state index in [1.165, 1.54) is 0 Å². The summed E-state index contributed by atoms with van der Waals surface area (Å²) in [7, 11) is 0. The number of nitrogens with zero attached hydrogens (tertiary/aromatic N) is 2. The Balaban J connectivity index is 1.92. The molecule has 1 aromatic carbocycles. The topological polar surface area (TPSA) is 46.9 Å². The van der Waals surface area contributed by atoms with Gasteiger partial charge in [-0.2, -0.15) is 16.4 Å². The van der Waals surface area contributed by atoms with E-state index in [2.05, 4.69) is 21.9 Å². The second-order valence-corrected chi connectivity index (χ2v) is 6.76. The number of halogens is 1. The van der Waals surface area contributed by atoms with Crippen molar-refractivity contribution in [2.75, 3.05) is 5.32 Å². The Hall–Kier alpha value is -2.11. The number of benzene rings is 1. The van der Waals surface area contributed by atoms with Crippen LogP contribution in [0.4, 0.5) is 5.82 Å². The van der Waals surface area contributed by atoms with Crippen molar-refractivity contribution in [1.82, 2.24) is 9.78 Å². The maximum atomic E-state index is 12.2. The number of fused-ring (bicyclic) bond motifs is 1. The molecule has 23 heavy (non-hydrogen) atoms. The number of carbonyl (C=O) groups excluding carboxylic acids is 1. The number of hydrogen-bond acceptors (Lipinski definition) is 3. The van der Waals surface area contributed by atoms with Crippen LogP contribution in [0.1, 0.15) is 29.2 Å². The van der Waals surface area contributed by atoms with Crippen molar-refractivity contribution in [3.8, 4) is 5.69 Å². The third-order valence-electron chi connectivity index (χ3n) is 4.13. The molecule has 0 radical (unpaired) electrons. The second-order valence-electron chi connectivity index (χ2n) is 5.57. The summed E-state index contributed by atoms with van der Waals surface area (Å²) in [4.78, 5) is 12.2. The minimum Gasteiger partial charge on any atom is -0.310 e. The Morgan fingerprint density at radius 2 is 2.17 bits per heavy atom.